The topological polar surface area (TPSA) is 60.9 Å². The Morgan fingerprint density at radius 2 is 2.10 bits per heavy atom. The first-order valence-corrected chi connectivity index (χ1v) is 8.40. The van der Waals surface area contributed by atoms with Crippen molar-refractivity contribution in [3.05, 3.63) is 0 Å². The van der Waals surface area contributed by atoms with Crippen molar-refractivity contribution in [2.75, 3.05) is 31.1 Å². The molecular weight excluding hydrogens is 276 g/mol. The standard InChI is InChI=1S/C14H24N2O3S/c1-14(2)4-3-5-15(10-14)13(19)16-6-7-20-9-11(16)8-12(17)18/h11H,3-10H2,1-2H3,(H,17,18). The van der Waals surface area contributed by atoms with Crippen molar-refractivity contribution in [1.82, 2.24) is 9.80 Å². The molecule has 0 aromatic carbocycles. The molecule has 2 aliphatic rings. The Morgan fingerprint density at radius 1 is 1.35 bits per heavy atom. The molecule has 1 unspecified atom stereocenters. The number of thioether (sulfide) groups is 1. The third kappa shape index (κ3) is 3.81. The van der Waals surface area contributed by atoms with E-state index in [1.807, 2.05) is 4.90 Å². The van der Waals surface area contributed by atoms with E-state index in [0.717, 1.165) is 37.4 Å². The lowest BCUT2D eigenvalue weighted by molar-refractivity contribution is -0.138. The largest absolute Gasteiger partial charge is 0.481 e. The van der Waals surface area contributed by atoms with Crippen molar-refractivity contribution in [1.29, 1.82) is 0 Å². The maximum absolute atomic E-state index is 12.7. The SMILES string of the molecule is CC1(C)CCCN(C(=O)N2CCSCC2CC(=O)O)C1. The molecule has 5 nitrogen and oxygen atoms in total. The Balaban J connectivity index is 2.03. The number of carboxylic acid groups (broad SMARTS) is 1. The minimum absolute atomic E-state index is 0.0318. The van der Waals surface area contributed by atoms with Crippen LogP contribution in [0, 0.1) is 5.41 Å². The number of carbonyl (C=O) groups excluding carboxylic acids is 1. The zero-order valence-electron chi connectivity index (χ0n) is 12.3. The van der Waals surface area contributed by atoms with Crippen molar-refractivity contribution in [2.45, 2.75) is 39.2 Å². The summed E-state index contributed by atoms with van der Waals surface area (Å²) in [5.41, 5.74) is 0.167. The van der Waals surface area contributed by atoms with Crippen LogP contribution in [0.2, 0.25) is 0 Å². The highest BCUT2D eigenvalue weighted by molar-refractivity contribution is 7.99. The molecule has 0 aliphatic carbocycles. The van der Waals surface area contributed by atoms with Gasteiger partial charge in [-0.3, -0.25) is 4.79 Å². The minimum atomic E-state index is -0.825. The number of carbonyl (C=O) groups is 2. The van der Waals surface area contributed by atoms with E-state index in [1.54, 1.807) is 16.7 Å². The smallest absolute Gasteiger partial charge is 0.320 e. The number of likely N-dealkylation sites (tertiary alicyclic amines) is 1. The van der Waals surface area contributed by atoms with E-state index in [9.17, 15) is 9.59 Å². The summed E-state index contributed by atoms with van der Waals surface area (Å²) in [6.07, 6.45) is 2.23. The highest BCUT2D eigenvalue weighted by Crippen LogP contribution is 2.30. The van der Waals surface area contributed by atoms with Crippen LogP contribution in [0.15, 0.2) is 0 Å². The molecule has 0 radical (unpaired) electrons. The summed E-state index contributed by atoms with van der Waals surface area (Å²) in [6, 6.07) is -0.131. The number of nitrogens with zero attached hydrogens (tertiary/aromatic N) is 2. The molecule has 2 saturated heterocycles. The van der Waals surface area contributed by atoms with Crippen LogP contribution in [0.3, 0.4) is 0 Å². The third-order valence-corrected chi connectivity index (χ3v) is 5.15. The minimum Gasteiger partial charge on any atom is -0.481 e. The zero-order valence-corrected chi connectivity index (χ0v) is 13.1. The first kappa shape index (κ1) is 15.5. The summed E-state index contributed by atoms with van der Waals surface area (Å²) < 4.78 is 0. The molecule has 0 bridgehead atoms. The van der Waals surface area contributed by atoms with Gasteiger partial charge in [0, 0.05) is 31.1 Å². The number of aliphatic carboxylic acids is 1. The van der Waals surface area contributed by atoms with E-state index >= 15 is 0 Å². The van der Waals surface area contributed by atoms with Gasteiger partial charge in [-0.15, -0.1) is 0 Å². The predicted molar refractivity (Wildman–Crippen MR) is 80.1 cm³/mol. The number of carboxylic acids is 1. The van der Waals surface area contributed by atoms with Crippen LogP contribution in [0.25, 0.3) is 0 Å². The number of hydrogen-bond acceptors (Lipinski definition) is 3. The Hall–Kier alpha value is -0.910. The van der Waals surface area contributed by atoms with Crippen LogP contribution in [-0.2, 0) is 4.79 Å². The van der Waals surface area contributed by atoms with Gasteiger partial charge in [-0.25, -0.2) is 4.79 Å². The van der Waals surface area contributed by atoms with E-state index in [0.29, 0.717) is 6.54 Å². The quantitative estimate of drug-likeness (QED) is 0.848. The molecule has 0 aromatic rings. The number of hydrogen-bond donors (Lipinski definition) is 1. The van der Waals surface area contributed by atoms with Gasteiger partial charge in [0.25, 0.3) is 0 Å². The highest BCUT2D eigenvalue weighted by Gasteiger charge is 2.35. The van der Waals surface area contributed by atoms with Crippen LogP contribution >= 0.6 is 11.8 Å². The van der Waals surface area contributed by atoms with Gasteiger partial charge in [0.05, 0.1) is 12.5 Å². The van der Waals surface area contributed by atoms with Crippen molar-refractivity contribution in [3.63, 3.8) is 0 Å². The van der Waals surface area contributed by atoms with Crippen molar-refractivity contribution >= 4 is 23.8 Å². The number of amides is 2. The molecule has 2 heterocycles. The summed E-state index contributed by atoms with van der Waals surface area (Å²) in [7, 11) is 0. The molecule has 2 amide bonds. The fraction of sp³-hybridized carbons (Fsp3) is 0.857. The summed E-state index contributed by atoms with van der Waals surface area (Å²) in [6.45, 7) is 6.61. The molecule has 0 spiro atoms. The van der Waals surface area contributed by atoms with Gasteiger partial charge >= 0.3 is 12.0 Å². The molecule has 114 valence electrons. The second-order valence-electron chi connectivity index (χ2n) is 6.49. The number of rotatable bonds is 2. The van der Waals surface area contributed by atoms with Crippen LogP contribution in [0.1, 0.15) is 33.1 Å². The monoisotopic (exact) mass is 300 g/mol. The Labute approximate surface area is 124 Å². The van der Waals surface area contributed by atoms with E-state index in [2.05, 4.69) is 13.8 Å². The molecular formula is C14H24N2O3S. The van der Waals surface area contributed by atoms with Crippen LogP contribution in [0.4, 0.5) is 4.79 Å². The van der Waals surface area contributed by atoms with Crippen LogP contribution in [0.5, 0.6) is 0 Å². The highest BCUT2D eigenvalue weighted by atomic mass is 32.2. The van der Waals surface area contributed by atoms with Gasteiger partial charge < -0.3 is 14.9 Å². The molecule has 0 saturated carbocycles. The van der Waals surface area contributed by atoms with E-state index in [-0.39, 0.29) is 23.9 Å². The second-order valence-corrected chi connectivity index (χ2v) is 7.64. The van der Waals surface area contributed by atoms with Crippen molar-refractivity contribution < 1.29 is 14.7 Å². The molecule has 6 heteroatoms. The van der Waals surface area contributed by atoms with Gasteiger partial charge in [-0.1, -0.05) is 13.8 Å². The second kappa shape index (κ2) is 6.24. The van der Waals surface area contributed by atoms with Gasteiger partial charge in [-0.2, -0.15) is 11.8 Å². The summed E-state index contributed by atoms with van der Waals surface area (Å²) in [4.78, 5) is 27.3. The Morgan fingerprint density at radius 3 is 2.75 bits per heavy atom. The first-order chi connectivity index (χ1) is 9.39. The predicted octanol–water partition coefficient (Wildman–Crippen LogP) is 2.12. The van der Waals surface area contributed by atoms with Crippen molar-refractivity contribution in [3.8, 4) is 0 Å². The summed E-state index contributed by atoms with van der Waals surface area (Å²) in [5, 5.41) is 9.00. The average molecular weight is 300 g/mol. The van der Waals surface area contributed by atoms with E-state index in [1.165, 1.54) is 0 Å². The van der Waals surface area contributed by atoms with Crippen LogP contribution < -0.4 is 0 Å². The van der Waals surface area contributed by atoms with Gasteiger partial charge in [0.1, 0.15) is 0 Å². The molecule has 1 N–H and O–H groups in total. The van der Waals surface area contributed by atoms with E-state index < -0.39 is 5.97 Å². The first-order valence-electron chi connectivity index (χ1n) is 7.24. The molecule has 2 fully saturated rings. The Kier molecular flexibility index (Phi) is 4.83. The summed E-state index contributed by atoms with van der Waals surface area (Å²) in [5.74, 6) is 0.809. The maximum atomic E-state index is 12.7. The lowest BCUT2D eigenvalue weighted by atomic mass is 9.84. The fourth-order valence-electron chi connectivity index (χ4n) is 3.05. The van der Waals surface area contributed by atoms with Gasteiger partial charge in [0.2, 0.25) is 0 Å². The molecule has 2 rings (SSSR count). The zero-order chi connectivity index (χ0) is 14.8. The Bertz CT molecular complexity index is 387. The fourth-order valence-corrected chi connectivity index (χ4v) is 4.11. The maximum Gasteiger partial charge on any atom is 0.320 e. The number of piperidine rings is 1. The van der Waals surface area contributed by atoms with Gasteiger partial charge in [-0.05, 0) is 18.3 Å². The lowest BCUT2D eigenvalue weighted by Crippen LogP contribution is -2.55. The summed E-state index contributed by atoms with van der Waals surface area (Å²) >= 11 is 1.74. The molecule has 20 heavy (non-hydrogen) atoms. The molecule has 1 atom stereocenters. The average Bonchev–Trinajstić information content (AvgIpc) is 2.36. The van der Waals surface area contributed by atoms with E-state index in [4.69, 9.17) is 5.11 Å². The van der Waals surface area contributed by atoms with Crippen molar-refractivity contribution in [2.24, 2.45) is 5.41 Å². The molecule has 2 aliphatic heterocycles. The molecule has 0 aromatic heterocycles. The lowest BCUT2D eigenvalue weighted by Gasteiger charge is -2.43. The third-order valence-electron chi connectivity index (χ3n) is 4.05. The van der Waals surface area contributed by atoms with Gasteiger partial charge in [0.15, 0.2) is 0 Å². The normalized spacial score (nSPS) is 26.4. The van der Waals surface area contributed by atoms with Crippen LogP contribution in [-0.4, -0.2) is 64.1 Å². The number of urea groups is 1.